The molecule has 0 aromatic heterocycles. The van der Waals surface area contributed by atoms with Gasteiger partial charge in [-0.15, -0.1) is 0 Å². The molecular formula is C15H22N2. The van der Waals surface area contributed by atoms with Crippen LogP contribution < -0.4 is 5.32 Å². The Hall–Kier alpha value is -1.28. The molecule has 1 N–H and O–H groups in total. The molecule has 17 heavy (non-hydrogen) atoms. The Bertz CT molecular complexity index is 326. The zero-order chi connectivity index (χ0) is 11.9. The molecule has 1 saturated heterocycles. The van der Waals surface area contributed by atoms with Crippen LogP contribution in [0.25, 0.3) is 0 Å². The van der Waals surface area contributed by atoms with E-state index in [0.717, 1.165) is 0 Å². The van der Waals surface area contributed by atoms with Crippen molar-refractivity contribution < 1.29 is 0 Å². The van der Waals surface area contributed by atoms with Crippen LogP contribution in [-0.2, 0) is 6.42 Å². The zero-order valence-corrected chi connectivity index (χ0v) is 10.4. The molecule has 92 valence electrons. The monoisotopic (exact) mass is 230 g/mol. The van der Waals surface area contributed by atoms with Crippen LogP contribution in [0, 0.1) is 0 Å². The first-order valence-corrected chi connectivity index (χ1v) is 6.52. The van der Waals surface area contributed by atoms with Crippen molar-refractivity contribution in [3.63, 3.8) is 0 Å². The van der Waals surface area contributed by atoms with Gasteiger partial charge in [0.25, 0.3) is 0 Å². The molecule has 0 spiro atoms. The average Bonchev–Trinajstić information content (AvgIpc) is 2.40. The van der Waals surface area contributed by atoms with Crippen molar-refractivity contribution in [2.75, 3.05) is 19.6 Å². The van der Waals surface area contributed by atoms with Crippen LogP contribution in [0.15, 0.2) is 43.1 Å². The van der Waals surface area contributed by atoms with E-state index in [4.69, 9.17) is 0 Å². The van der Waals surface area contributed by atoms with E-state index >= 15 is 0 Å². The number of nitrogens with one attached hydrogen (secondary N) is 1. The summed E-state index contributed by atoms with van der Waals surface area (Å²) in [5, 5.41) is 3.32. The lowest BCUT2D eigenvalue weighted by Crippen LogP contribution is -2.41. The van der Waals surface area contributed by atoms with Crippen molar-refractivity contribution >= 4 is 0 Å². The summed E-state index contributed by atoms with van der Waals surface area (Å²) in [7, 11) is 0. The third kappa shape index (κ3) is 3.90. The lowest BCUT2D eigenvalue weighted by molar-refractivity contribution is 0.206. The van der Waals surface area contributed by atoms with Crippen LogP contribution in [-0.4, -0.2) is 30.6 Å². The minimum atomic E-state index is 0.639. The highest BCUT2D eigenvalue weighted by molar-refractivity contribution is 5.14. The molecule has 0 bridgehead atoms. The van der Waals surface area contributed by atoms with Crippen molar-refractivity contribution in [2.24, 2.45) is 0 Å². The highest BCUT2D eigenvalue weighted by Gasteiger charge is 2.17. The topological polar surface area (TPSA) is 15.3 Å². The van der Waals surface area contributed by atoms with E-state index in [-0.39, 0.29) is 0 Å². The molecule has 1 aliphatic rings. The van der Waals surface area contributed by atoms with Crippen LogP contribution >= 0.6 is 0 Å². The zero-order valence-electron chi connectivity index (χ0n) is 10.4. The van der Waals surface area contributed by atoms with Crippen LogP contribution in [0.3, 0.4) is 0 Å². The number of nitrogens with zero attached hydrogens (tertiary/aromatic N) is 1. The molecule has 0 unspecified atom stereocenters. The van der Waals surface area contributed by atoms with Gasteiger partial charge in [-0.05, 0) is 31.0 Å². The Morgan fingerprint density at radius 1 is 1.24 bits per heavy atom. The lowest BCUT2D eigenvalue weighted by atomic mass is 10.0. The molecule has 2 nitrogen and oxygen atoms in total. The predicted molar refractivity (Wildman–Crippen MR) is 72.9 cm³/mol. The summed E-state index contributed by atoms with van der Waals surface area (Å²) in [5.74, 6) is 0. The molecule has 0 saturated carbocycles. The quantitative estimate of drug-likeness (QED) is 0.835. The molecule has 1 heterocycles. The first-order chi connectivity index (χ1) is 8.38. The van der Waals surface area contributed by atoms with Crippen LogP contribution in [0.4, 0.5) is 0 Å². The Kier molecular flexibility index (Phi) is 4.63. The molecule has 0 aliphatic carbocycles. The third-order valence-corrected chi connectivity index (χ3v) is 3.50. The average molecular weight is 230 g/mol. The predicted octanol–water partition coefficient (Wildman–Crippen LogP) is 2.43. The molecule has 1 aromatic carbocycles. The van der Waals surface area contributed by atoms with Gasteiger partial charge in [0.2, 0.25) is 0 Å². The van der Waals surface area contributed by atoms with E-state index in [2.05, 4.69) is 47.1 Å². The summed E-state index contributed by atoms with van der Waals surface area (Å²) in [5.41, 5.74) is 1.44. The summed E-state index contributed by atoms with van der Waals surface area (Å²) in [6.07, 6.45) is 5.46. The fourth-order valence-corrected chi connectivity index (χ4v) is 2.42. The second kappa shape index (κ2) is 6.45. The fraction of sp³-hybridized carbons (Fsp3) is 0.467. The van der Waals surface area contributed by atoms with E-state index in [1.165, 1.54) is 44.5 Å². The van der Waals surface area contributed by atoms with Gasteiger partial charge in [0.05, 0.1) is 0 Å². The first-order valence-electron chi connectivity index (χ1n) is 6.52. The van der Waals surface area contributed by atoms with Gasteiger partial charge in [-0.2, -0.15) is 0 Å². The van der Waals surface area contributed by atoms with Crippen LogP contribution in [0.1, 0.15) is 18.4 Å². The summed E-state index contributed by atoms with van der Waals surface area (Å²) in [6.45, 7) is 7.32. The van der Waals surface area contributed by atoms with Crippen LogP contribution in [0.5, 0.6) is 0 Å². The third-order valence-electron chi connectivity index (χ3n) is 3.50. The Balaban J connectivity index is 1.70. The maximum Gasteiger partial charge on any atom is 0.0279 e. The minimum absolute atomic E-state index is 0.639. The number of likely N-dealkylation sites (tertiary alicyclic amines) is 1. The van der Waals surface area contributed by atoms with Crippen molar-refractivity contribution in [3.05, 3.63) is 48.7 Å². The maximum atomic E-state index is 3.73. The van der Waals surface area contributed by atoms with Gasteiger partial charge in [0, 0.05) is 25.7 Å². The normalized spacial score (nSPS) is 17.9. The summed E-state index contributed by atoms with van der Waals surface area (Å²) < 4.78 is 0. The number of piperidine rings is 1. The van der Waals surface area contributed by atoms with E-state index in [9.17, 15) is 0 Å². The van der Waals surface area contributed by atoms with Gasteiger partial charge in [-0.3, -0.25) is 0 Å². The molecule has 0 atom stereocenters. The van der Waals surface area contributed by atoms with Crippen LogP contribution in [0.2, 0.25) is 0 Å². The molecule has 1 aromatic rings. The second-order valence-corrected chi connectivity index (χ2v) is 4.72. The van der Waals surface area contributed by atoms with Gasteiger partial charge in [0.15, 0.2) is 0 Å². The molecule has 1 fully saturated rings. The van der Waals surface area contributed by atoms with Crippen molar-refractivity contribution in [1.82, 2.24) is 10.2 Å². The van der Waals surface area contributed by atoms with Crippen molar-refractivity contribution in [2.45, 2.75) is 25.3 Å². The van der Waals surface area contributed by atoms with Gasteiger partial charge < -0.3 is 10.2 Å². The molecule has 0 radical (unpaired) electrons. The largest absolute Gasteiger partial charge is 0.389 e. The molecule has 1 aliphatic heterocycles. The smallest absolute Gasteiger partial charge is 0.0279 e. The van der Waals surface area contributed by atoms with Gasteiger partial charge in [-0.1, -0.05) is 36.9 Å². The first kappa shape index (κ1) is 12.2. The van der Waals surface area contributed by atoms with E-state index < -0.39 is 0 Å². The molecule has 0 amide bonds. The van der Waals surface area contributed by atoms with Gasteiger partial charge >= 0.3 is 0 Å². The molecule has 2 heteroatoms. The number of rotatable bonds is 5. The molecule has 2 rings (SSSR count). The molecular weight excluding hydrogens is 208 g/mol. The number of hydrogen-bond donors (Lipinski definition) is 1. The lowest BCUT2D eigenvalue weighted by Gasteiger charge is -2.32. The summed E-state index contributed by atoms with van der Waals surface area (Å²) in [4.78, 5) is 2.56. The Morgan fingerprint density at radius 2 is 1.94 bits per heavy atom. The Morgan fingerprint density at radius 3 is 2.59 bits per heavy atom. The highest BCUT2D eigenvalue weighted by atomic mass is 15.1. The number of benzene rings is 1. The summed E-state index contributed by atoms with van der Waals surface area (Å²) >= 11 is 0. The van der Waals surface area contributed by atoms with E-state index in [1.54, 1.807) is 0 Å². The second-order valence-electron chi connectivity index (χ2n) is 4.72. The highest BCUT2D eigenvalue weighted by Crippen LogP contribution is 2.11. The van der Waals surface area contributed by atoms with Crippen molar-refractivity contribution in [3.8, 4) is 0 Å². The number of hydrogen-bond acceptors (Lipinski definition) is 2. The van der Waals surface area contributed by atoms with E-state index in [1.807, 2.05) is 6.20 Å². The van der Waals surface area contributed by atoms with Gasteiger partial charge in [0.1, 0.15) is 0 Å². The van der Waals surface area contributed by atoms with E-state index in [0.29, 0.717) is 6.04 Å². The Labute approximate surface area is 104 Å². The minimum Gasteiger partial charge on any atom is -0.389 e. The van der Waals surface area contributed by atoms with Gasteiger partial charge in [-0.25, -0.2) is 0 Å². The van der Waals surface area contributed by atoms with Crippen molar-refractivity contribution in [1.29, 1.82) is 0 Å². The maximum absolute atomic E-state index is 3.73. The fourth-order valence-electron chi connectivity index (χ4n) is 2.42. The SMILES string of the molecule is C=CNC1CCN(CCc2ccccc2)CC1. The standard InChI is InChI=1S/C15H22N2/c1-2-16-15-9-12-17(13-10-15)11-8-14-6-4-3-5-7-14/h2-7,15-16H,1,8-13H2. The summed E-state index contributed by atoms with van der Waals surface area (Å²) in [6, 6.07) is 11.4.